The molecule has 0 radical (unpaired) electrons. The molecule has 1 aromatic rings. The van der Waals surface area contributed by atoms with Crippen molar-refractivity contribution in [1.29, 1.82) is 5.26 Å². The quantitative estimate of drug-likeness (QED) is 0.824. The topological polar surface area (TPSA) is 78.0 Å². The van der Waals surface area contributed by atoms with Crippen molar-refractivity contribution in [2.24, 2.45) is 0 Å². The molecule has 0 bridgehead atoms. The van der Waals surface area contributed by atoms with E-state index in [4.69, 9.17) is 11.0 Å². The van der Waals surface area contributed by atoms with Gasteiger partial charge in [0.1, 0.15) is 11.9 Å². The minimum Gasteiger partial charge on any atom is -0.396 e. The summed E-state index contributed by atoms with van der Waals surface area (Å²) >= 11 is 0. The highest BCUT2D eigenvalue weighted by atomic mass is 15.2. The van der Waals surface area contributed by atoms with Crippen molar-refractivity contribution in [3.05, 3.63) is 17.8 Å². The molecule has 2 heterocycles. The lowest BCUT2D eigenvalue weighted by Crippen LogP contribution is -2.42. The van der Waals surface area contributed by atoms with Crippen LogP contribution in [0.5, 0.6) is 0 Å². The summed E-state index contributed by atoms with van der Waals surface area (Å²) in [4.78, 5) is 6.57. The van der Waals surface area contributed by atoms with Crippen LogP contribution in [0.1, 0.15) is 25.3 Å². The van der Waals surface area contributed by atoms with E-state index in [2.05, 4.69) is 29.2 Å². The lowest BCUT2D eigenvalue weighted by Gasteiger charge is -2.35. The number of piperidine rings is 1. The summed E-state index contributed by atoms with van der Waals surface area (Å²) in [6.07, 6.45) is 3.72. The summed E-state index contributed by atoms with van der Waals surface area (Å²) in [5.41, 5.74) is 6.93. The van der Waals surface area contributed by atoms with Gasteiger partial charge in [-0.15, -0.1) is 0 Å². The van der Waals surface area contributed by atoms with E-state index in [1.54, 1.807) is 12.3 Å². The molecule has 2 atom stereocenters. The van der Waals surface area contributed by atoms with E-state index < -0.39 is 0 Å². The van der Waals surface area contributed by atoms with Crippen LogP contribution in [0, 0.1) is 11.3 Å². The summed E-state index contributed by atoms with van der Waals surface area (Å²) in [6.45, 7) is 3.30. The van der Waals surface area contributed by atoms with Crippen molar-refractivity contribution < 1.29 is 0 Å². The van der Waals surface area contributed by atoms with E-state index in [0.717, 1.165) is 19.4 Å². The zero-order valence-corrected chi connectivity index (χ0v) is 10.8. The van der Waals surface area contributed by atoms with Crippen LogP contribution in [0.15, 0.2) is 12.3 Å². The van der Waals surface area contributed by atoms with Crippen LogP contribution in [0.2, 0.25) is 0 Å². The zero-order chi connectivity index (χ0) is 13.1. The molecular formula is C13H19N5. The Morgan fingerprint density at radius 1 is 1.61 bits per heavy atom. The maximum absolute atomic E-state index is 8.77. The standard InChI is InChI=1S/C13H19N5/c1-9-5-11(3-4-18(9)2)17-13-12(15)6-10(7-14)8-16-13/h6,8-9,11H,3-5,15H2,1-2H3,(H,16,17). The van der Waals surface area contributed by atoms with Gasteiger partial charge in [0.2, 0.25) is 0 Å². The van der Waals surface area contributed by atoms with Gasteiger partial charge in [0.25, 0.3) is 0 Å². The minimum absolute atomic E-state index is 0.402. The Balaban J connectivity index is 2.04. The molecule has 96 valence electrons. The first kappa shape index (κ1) is 12.7. The average Bonchev–Trinajstić information content (AvgIpc) is 2.36. The first-order valence-electron chi connectivity index (χ1n) is 6.22. The number of nitrogens with zero attached hydrogens (tertiary/aromatic N) is 3. The summed E-state index contributed by atoms with van der Waals surface area (Å²) in [5, 5.41) is 12.1. The van der Waals surface area contributed by atoms with Gasteiger partial charge in [0.15, 0.2) is 0 Å². The normalized spacial score (nSPS) is 24.5. The van der Waals surface area contributed by atoms with Crippen molar-refractivity contribution in [1.82, 2.24) is 9.88 Å². The van der Waals surface area contributed by atoms with Crippen LogP contribution < -0.4 is 11.1 Å². The number of hydrogen-bond acceptors (Lipinski definition) is 5. The molecule has 0 aromatic carbocycles. The van der Waals surface area contributed by atoms with E-state index in [-0.39, 0.29) is 0 Å². The molecule has 18 heavy (non-hydrogen) atoms. The lowest BCUT2D eigenvalue weighted by atomic mass is 9.99. The van der Waals surface area contributed by atoms with Crippen molar-refractivity contribution in [2.45, 2.75) is 31.8 Å². The SMILES string of the molecule is CC1CC(Nc2ncc(C#N)cc2N)CCN1C. The van der Waals surface area contributed by atoms with Gasteiger partial charge in [-0.05, 0) is 32.9 Å². The minimum atomic E-state index is 0.402. The van der Waals surface area contributed by atoms with Gasteiger partial charge >= 0.3 is 0 Å². The van der Waals surface area contributed by atoms with Crippen LogP contribution in [0.25, 0.3) is 0 Å². The fourth-order valence-corrected chi connectivity index (χ4v) is 2.28. The second-order valence-electron chi connectivity index (χ2n) is 4.97. The Labute approximate surface area is 108 Å². The number of rotatable bonds is 2. The fourth-order valence-electron chi connectivity index (χ4n) is 2.28. The molecule has 1 aromatic heterocycles. The molecule has 2 rings (SSSR count). The van der Waals surface area contributed by atoms with E-state index >= 15 is 0 Å². The molecule has 0 spiro atoms. The number of nitrogens with one attached hydrogen (secondary N) is 1. The molecule has 1 aliphatic rings. The third-order valence-corrected chi connectivity index (χ3v) is 3.60. The number of pyridine rings is 1. The van der Waals surface area contributed by atoms with Crippen molar-refractivity contribution in [3.63, 3.8) is 0 Å². The molecule has 3 N–H and O–H groups in total. The van der Waals surface area contributed by atoms with Crippen LogP contribution in [0.3, 0.4) is 0 Å². The van der Waals surface area contributed by atoms with Crippen LogP contribution >= 0.6 is 0 Å². The van der Waals surface area contributed by atoms with Gasteiger partial charge in [-0.2, -0.15) is 5.26 Å². The Hall–Kier alpha value is -1.80. The van der Waals surface area contributed by atoms with E-state index in [0.29, 0.717) is 29.2 Å². The maximum Gasteiger partial charge on any atom is 0.149 e. The number of nitriles is 1. The Morgan fingerprint density at radius 2 is 2.39 bits per heavy atom. The van der Waals surface area contributed by atoms with Gasteiger partial charge in [-0.1, -0.05) is 0 Å². The molecule has 0 aliphatic carbocycles. The second kappa shape index (κ2) is 5.23. The fraction of sp³-hybridized carbons (Fsp3) is 0.538. The Bertz CT molecular complexity index is 465. The highest BCUT2D eigenvalue weighted by molar-refractivity contribution is 5.63. The van der Waals surface area contributed by atoms with Gasteiger partial charge in [0, 0.05) is 24.8 Å². The van der Waals surface area contributed by atoms with Gasteiger partial charge in [-0.3, -0.25) is 0 Å². The molecule has 0 saturated carbocycles. The third kappa shape index (κ3) is 2.71. The number of hydrogen-bond donors (Lipinski definition) is 2. The molecule has 1 aliphatic heterocycles. The predicted molar refractivity (Wildman–Crippen MR) is 72.1 cm³/mol. The largest absolute Gasteiger partial charge is 0.396 e. The molecule has 0 amide bonds. The average molecular weight is 245 g/mol. The monoisotopic (exact) mass is 245 g/mol. The molecule has 5 heteroatoms. The number of likely N-dealkylation sites (tertiary alicyclic amines) is 1. The second-order valence-corrected chi connectivity index (χ2v) is 4.97. The third-order valence-electron chi connectivity index (χ3n) is 3.60. The van der Waals surface area contributed by atoms with Crippen molar-refractivity contribution >= 4 is 11.5 Å². The van der Waals surface area contributed by atoms with E-state index in [1.165, 1.54) is 0 Å². The van der Waals surface area contributed by atoms with Gasteiger partial charge in [-0.25, -0.2) is 4.98 Å². The summed E-state index contributed by atoms with van der Waals surface area (Å²) in [5.74, 6) is 0.691. The van der Waals surface area contributed by atoms with E-state index in [1.807, 2.05) is 6.07 Å². The molecular weight excluding hydrogens is 226 g/mol. The van der Waals surface area contributed by atoms with Crippen molar-refractivity contribution in [3.8, 4) is 6.07 Å². The maximum atomic E-state index is 8.77. The van der Waals surface area contributed by atoms with Gasteiger partial charge < -0.3 is 16.0 Å². The molecule has 5 nitrogen and oxygen atoms in total. The molecule has 1 fully saturated rings. The van der Waals surface area contributed by atoms with Crippen molar-refractivity contribution in [2.75, 3.05) is 24.6 Å². The molecule has 1 saturated heterocycles. The lowest BCUT2D eigenvalue weighted by molar-refractivity contribution is 0.190. The number of anilines is 2. The Kier molecular flexibility index (Phi) is 3.68. The smallest absolute Gasteiger partial charge is 0.149 e. The first-order valence-corrected chi connectivity index (χ1v) is 6.22. The summed E-state index contributed by atoms with van der Waals surface area (Å²) < 4.78 is 0. The number of nitrogen functional groups attached to an aromatic ring is 1. The van der Waals surface area contributed by atoms with Gasteiger partial charge in [0.05, 0.1) is 11.3 Å². The predicted octanol–water partition coefficient (Wildman–Crippen LogP) is 1.43. The highest BCUT2D eigenvalue weighted by Gasteiger charge is 2.23. The zero-order valence-electron chi connectivity index (χ0n) is 10.8. The Morgan fingerprint density at radius 3 is 3.00 bits per heavy atom. The highest BCUT2D eigenvalue weighted by Crippen LogP contribution is 2.22. The first-order chi connectivity index (χ1) is 8.60. The number of nitrogens with two attached hydrogens (primary N) is 1. The summed E-state index contributed by atoms with van der Waals surface area (Å²) in [6, 6.07) is 4.66. The number of aromatic nitrogens is 1. The van der Waals surface area contributed by atoms with Crippen LogP contribution in [-0.4, -0.2) is 35.6 Å². The summed E-state index contributed by atoms with van der Waals surface area (Å²) in [7, 11) is 2.15. The molecule has 2 unspecified atom stereocenters. The van der Waals surface area contributed by atoms with Crippen LogP contribution in [-0.2, 0) is 0 Å². The van der Waals surface area contributed by atoms with E-state index in [9.17, 15) is 0 Å². The van der Waals surface area contributed by atoms with Crippen LogP contribution in [0.4, 0.5) is 11.5 Å².